The Morgan fingerprint density at radius 2 is 1.40 bits per heavy atom. The third-order valence-corrected chi connectivity index (χ3v) is 7.22. The standard InChI is InChI=1S/C33H33FN4O2/c34-27-13-11-26(12-14-27)23-35-32(39)30-22-29(37-33(40)36-28-9-5-2-6-10-28)15-16-31(30)38-19-17-25(18-20-38)21-24-7-3-1-4-8-24/h1-16,22,25H,17-21,23H2,(H,35,39)(H2,36,37,40). The number of hydrogen-bond acceptors (Lipinski definition) is 3. The van der Waals surface area contributed by atoms with E-state index >= 15 is 0 Å². The molecule has 40 heavy (non-hydrogen) atoms. The van der Waals surface area contributed by atoms with Gasteiger partial charge >= 0.3 is 6.03 Å². The Morgan fingerprint density at radius 1 is 0.750 bits per heavy atom. The number of anilines is 3. The van der Waals surface area contributed by atoms with Gasteiger partial charge in [-0.1, -0.05) is 60.7 Å². The summed E-state index contributed by atoms with van der Waals surface area (Å²) in [5.41, 5.74) is 4.67. The van der Waals surface area contributed by atoms with E-state index in [1.807, 2.05) is 36.4 Å². The van der Waals surface area contributed by atoms with Crippen LogP contribution in [0.4, 0.5) is 26.2 Å². The van der Waals surface area contributed by atoms with Gasteiger partial charge in [-0.05, 0) is 78.8 Å². The van der Waals surface area contributed by atoms with Crippen LogP contribution in [-0.4, -0.2) is 25.0 Å². The van der Waals surface area contributed by atoms with Gasteiger partial charge in [0.25, 0.3) is 5.91 Å². The molecule has 0 atom stereocenters. The molecule has 0 saturated carbocycles. The number of halogens is 1. The van der Waals surface area contributed by atoms with Crippen LogP contribution in [0.3, 0.4) is 0 Å². The molecule has 0 bridgehead atoms. The fourth-order valence-corrected chi connectivity index (χ4v) is 5.09. The molecule has 0 aliphatic carbocycles. The lowest BCUT2D eigenvalue weighted by Crippen LogP contribution is -2.36. The number of benzene rings is 4. The van der Waals surface area contributed by atoms with Gasteiger partial charge in [0, 0.05) is 36.7 Å². The number of carbonyl (C=O) groups excluding carboxylic acids is 2. The molecule has 4 aromatic rings. The minimum atomic E-state index is -0.390. The minimum absolute atomic E-state index is 0.252. The molecule has 0 radical (unpaired) electrons. The minimum Gasteiger partial charge on any atom is -0.371 e. The molecule has 4 aromatic carbocycles. The fraction of sp³-hybridized carbons (Fsp3) is 0.212. The highest BCUT2D eigenvalue weighted by Gasteiger charge is 2.24. The number of rotatable bonds is 8. The van der Waals surface area contributed by atoms with Gasteiger partial charge in [-0.2, -0.15) is 0 Å². The van der Waals surface area contributed by atoms with Crippen LogP contribution in [0.25, 0.3) is 0 Å². The number of nitrogens with one attached hydrogen (secondary N) is 3. The first-order valence-electron chi connectivity index (χ1n) is 13.6. The van der Waals surface area contributed by atoms with Gasteiger partial charge in [0.05, 0.1) is 5.56 Å². The number of nitrogens with zero attached hydrogens (tertiary/aromatic N) is 1. The predicted molar refractivity (Wildman–Crippen MR) is 158 cm³/mol. The quantitative estimate of drug-likeness (QED) is 0.230. The predicted octanol–water partition coefficient (Wildman–Crippen LogP) is 6.86. The molecule has 0 aromatic heterocycles. The van der Waals surface area contributed by atoms with E-state index < -0.39 is 6.03 Å². The van der Waals surface area contributed by atoms with Crippen molar-refractivity contribution < 1.29 is 14.0 Å². The highest BCUT2D eigenvalue weighted by molar-refractivity contribution is 6.04. The van der Waals surface area contributed by atoms with Gasteiger partial charge in [0.1, 0.15) is 5.82 Å². The van der Waals surface area contributed by atoms with Crippen LogP contribution in [0.1, 0.15) is 34.3 Å². The SMILES string of the molecule is O=C(Nc1ccccc1)Nc1ccc(N2CCC(Cc3ccccc3)CC2)c(C(=O)NCc2ccc(F)cc2)c1. The second kappa shape index (κ2) is 12.9. The van der Waals surface area contributed by atoms with E-state index in [2.05, 4.69) is 45.1 Å². The number of urea groups is 1. The van der Waals surface area contributed by atoms with E-state index in [-0.39, 0.29) is 18.3 Å². The maximum Gasteiger partial charge on any atom is 0.323 e. The summed E-state index contributed by atoms with van der Waals surface area (Å²) in [4.78, 5) is 28.3. The van der Waals surface area contributed by atoms with Crippen LogP contribution in [0, 0.1) is 11.7 Å². The average molecular weight is 537 g/mol. The Kier molecular flexibility index (Phi) is 8.71. The lowest BCUT2D eigenvalue weighted by Gasteiger charge is -2.35. The van der Waals surface area contributed by atoms with Crippen LogP contribution >= 0.6 is 0 Å². The number of piperidine rings is 1. The molecule has 0 spiro atoms. The van der Waals surface area contributed by atoms with Crippen molar-refractivity contribution in [1.82, 2.24) is 5.32 Å². The Morgan fingerprint density at radius 3 is 2.10 bits per heavy atom. The molecule has 5 rings (SSSR count). The van der Waals surface area contributed by atoms with Gasteiger partial charge in [0.15, 0.2) is 0 Å². The Labute approximate surface area is 234 Å². The maximum atomic E-state index is 13.4. The fourth-order valence-electron chi connectivity index (χ4n) is 5.09. The molecule has 7 heteroatoms. The van der Waals surface area contributed by atoms with Gasteiger partial charge in [0.2, 0.25) is 0 Å². The van der Waals surface area contributed by atoms with Crippen molar-refractivity contribution in [3.05, 3.63) is 126 Å². The first kappa shape index (κ1) is 26.9. The van der Waals surface area contributed by atoms with Crippen molar-refractivity contribution in [3.8, 4) is 0 Å². The Balaban J connectivity index is 1.30. The van der Waals surface area contributed by atoms with Gasteiger partial charge < -0.3 is 20.9 Å². The highest BCUT2D eigenvalue weighted by atomic mass is 19.1. The Bertz CT molecular complexity index is 1420. The first-order valence-corrected chi connectivity index (χ1v) is 13.6. The number of amides is 3. The molecule has 0 unspecified atom stereocenters. The molecule has 6 nitrogen and oxygen atoms in total. The summed E-state index contributed by atoms with van der Waals surface area (Å²) in [6, 6.07) is 30.8. The number of hydrogen-bond donors (Lipinski definition) is 3. The molecule has 1 aliphatic rings. The zero-order valence-electron chi connectivity index (χ0n) is 22.3. The lowest BCUT2D eigenvalue weighted by atomic mass is 9.89. The van der Waals surface area contributed by atoms with Crippen LogP contribution in [0.5, 0.6) is 0 Å². The molecular formula is C33H33FN4O2. The second-order valence-corrected chi connectivity index (χ2v) is 10.1. The van der Waals surface area contributed by atoms with Gasteiger partial charge in [-0.25, -0.2) is 9.18 Å². The normalized spacial score (nSPS) is 13.5. The summed E-state index contributed by atoms with van der Waals surface area (Å²) >= 11 is 0. The summed E-state index contributed by atoms with van der Waals surface area (Å²) < 4.78 is 13.3. The zero-order valence-corrected chi connectivity index (χ0v) is 22.3. The van der Waals surface area contributed by atoms with E-state index in [4.69, 9.17) is 0 Å². The van der Waals surface area contributed by atoms with Crippen LogP contribution in [0.15, 0.2) is 103 Å². The molecule has 3 N–H and O–H groups in total. The van der Waals surface area contributed by atoms with Crippen molar-refractivity contribution in [2.45, 2.75) is 25.8 Å². The third kappa shape index (κ3) is 7.26. The summed E-state index contributed by atoms with van der Waals surface area (Å²) in [7, 11) is 0. The van der Waals surface area contributed by atoms with Crippen LogP contribution in [0.2, 0.25) is 0 Å². The largest absolute Gasteiger partial charge is 0.371 e. The zero-order chi connectivity index (χ0) is 27.7. The summed E-state index contributed by atoms with van der Waals surface area (Å²) in [6.45, 7) is 1.96. The van der Waals surface area contributed by atoms with Crippen LogP contribution < -0.4 is 20.9 Å². The van der Waals surface area contributed by atoms with Crippen molar-refractivity contribution in [2.24, 2.45) is 5.92 Å². The molecule has 1 fully saturated rings. The second-order valence-electron chi connectivity index (χ2n) is 10.1. The summed E-state index contributed by atoms with van der Waals surface area (Å²) in [5, 5.41) is 8.60. The van der Waals surface area contributed by atoms with E-state index in [0.29, 0.717) is 22.9 Å². The van der Waals surface area contributed by atoms with Gasteiger partial charge in [-0.3, -0.25) is 4.79 Å². The van der Waals surface area contributed by atoms with Gasteiger partial charge in [-0.15, -0.1) is 0 Å². The summed E-state index contributed by atoms with van der Waals surface area (Å²) in [6.07, 6.45) is 3.12. The maximum absolute atomic E-state index is 13.4. The third-order valence-electron chi connectivity index (χ3n) is 7.22. The smallest absolute Gasteiger partial charge is 0.323 e. The van der Waals surface area contributed by atoms with E-state index in [1.165, 1.54) is 17.7 Å². The van der Waals surface area contributed by atoms with E-state index in [0.717, 1.165) is 43.6 Å². The van der Waals surface area contributed by atoms with Crippen molar-refractivity contribution in [3.63, 3.8) is 0 Å². The topological polar surface area (TPSA) is 73.5 Å². The van der Waals surface area contributed by atoms with Crippen LogP contribution in [-0.2, 0) is 13.0 Å². The first-order chi connectivity index (χ1) is 19.5. The molecule has 1 heterocycles. The lowest BCUT2D eigenvalue weighted by molar-refractivity contribution is 0.0951. The van der Waals surface area contributed by atoms with E-state index in [1.54, 1.807) is 30.3 Å². The molecule has 1 saturated heterocycles. The molecular weight excluding hydrogens is 503 g/mol. The molecule has 204 valence electrons. The number of carbonyl (C=O) groups is 2. The van der Waals surface area contributed by atoms with E-state index in [9.17, 15) is 14.0 Å². The average Bonchev–Trinajstić information content (AvgIpc) is 2.98. The molecule has 1 aliphatic heterocycles. The molecule has 3 amide bonds. The van der Waals surface area contributed by atoms with Crippen molar-refractivity contribution in [1.29, 1.82) is 0 Å². The van der Waals surface area contributed by atoms with Crippen molar-refractivity contribution in [2.75, 3.05) is 28.6 Å². The monoisotopic (exact) mass is 536 g/mol. The van der Waals surface area contributed by atoms with Crippen molar-refractivity contribution >= 4 is 29.0 Å². The highest BCUT2D eigenvalue weighted by Crippen LogP contribution is 2.30. The Hall–Kier alpha value is -4.65. The number of para-hydroxylation sites is 1. The summed E-state index contributed by atoms with van der Waals surface area (Å²) in [5.74, 6) is 0.0236.